The lowest BCUT2D eigenvalue weighted by Crippen LogP contribution is -2.64. The molecule has 0 aromatic carbocycles. The molecule has 0 aromatic rings. The fourth-order valence-corrected chi connectivity index (χ4v) is 12.0. The number of esters is 2. The molecule has 0 radical (unpaired) electrons. The predicted molar refractivity (Wildman–Crippen MR) is 226 cm³/mol. The molecule has 0 saturated carbocycles. The van der Waals surface area contributed by atoms with Crippen molar-refractivity contribution in [2.24, 2.45) is 23.7 Å². The molecule has 4 aliphatic heterocycles. The first-order chi connectivity index (χ1) is 26.0. The molecule has 0 amide bonds. The zero-order valence-corrected chi connectivity index (χ0v) is 39.1. The Balaban J connectivity index is 1.67. The van der Waals surface area contributed by atoms with Crippen LogP contribution in [0.5, 0.6) is 0 Å². The third-order valence-corrected chi connectivity index (χ3v) is 18.8. The quantitative estimate of drug-likeness (QED) is 0.135. The Morgan fingerprint density at radius 1 is 1.02 bits per heavy atom. The average Bonchev–Trinajstić information content (AvgIpc) is 3.44. The Hall–Kier alpha value is -1.87. The van der Waals surface area contributed by atoms with Crippen LogP contribution in [-0.4, -0.2) is 83.7 Å². The smallest absolute Gasteiger partial charge is 0.316 e. The van der Waals surface area contributed by atoms with Crippen LogP contribution in [0.1, 0.15) is 107 Å². The second-order valence-electron chi connectivity index (χ2n) is 19.9. The van der Waals surface area contributed by atoms with Gasteiger partial charge in [0.1, 0.15) is 23.7 Å². The highest BCUT2D eigenvalue weighted by Gasteiger charge is 2.64. The molecule has 11 atom stereocenters. The van der Waals surface area contributed by atoms with E-state index >= 15 is 4.79 Å². The van der Waals surface area contributed by atoms with E-state index in [-0.39, 0.29) is 47.4 Å². The van der Waals surface area contributed by atoms with Crippen molar-refractivity contribution in [2.75, 3.05) is 13.2 Å². The van der Waals surface area contributed by atoms with Crippen molar-refractivity contribution in [1.29, 1.82) is 0 Å². The second kappa shape index (κ2) is 17.4. The highest BCUT2D eigenvalue weighted by molar-refractivity contribution is 6.74. The summed E-state index contributed by atoms with van der Waals surface area (Å²) in [5, 5.41) is -0.0372. The zero-order chi connectivity index (χ0) is 41.4. The Morgan fingerprint density at radius 3 is 2.38 bits per heavy atom. The maximum absolute atomic E-state index is 15.1. The SMILES string of the molecule is CCOC(=O)C[C@H]1/C(C)=C/C[C@@H]2C[C@@H](C[C@]3(CC[C@H](C)[C@@H](CC)O3)O2)OC(=O)[C@@H]2C=C(C)[C@@H](O[Si](C)(C)C(C)(C)C)[C@H]3OC/C(=C\C=C\[C@@H]1C)[C@]32O[Si](C)(C)C. The number of carbonyl (C=O) groups excluding carboxylic acids is 2. The molecular weight excluding hydrogens is 741 g/mol. The number of rotatable bonds is 8. The zero-order valence-electron chi connectivity index (χ0n) is 37.1. The standard InChI is InChI=1S/C45H74O9Si2/c1-15-38-31(5)22-23-44(52-38)27-35-25-34(51-44)21-20-30(4)36(26-39(46)48-16-2)29(3)18-17-19-33-28-49-41-40(53-56(13,14)43(7,8)9)32(6)24-37(42(47)50-35)45(33,41)54-55(10,11)12/h17-20,24,29,31,34-38,40-41H,15-16,21-23,25-28H2,1-14H3/b18-17+,30-20+,33-19+/t29-,31-,34+,35-,36+,37-,38+,40+,41+,44+,45+/m0/s1. The van der Waals surface area contributed by atoms with Crippen molar-refractivity contribution in [2.45, 2.75) is 187 Å². The minimum atomic E-state index is -2.37. The summed E-state index contributed by atoms with van der Waals surface area (Å²) < 4.78 is 47.4. The fourth-order valence-electron chi connectivity index (χ4n) is 9.29. The van der Waals surface area contributed by atoms with E-state index in [1.165, 1.54) is 0 Å². The van der Waals surface area contributed by atoms with Crippen molar-refractivity contribution < 1.29 is 42.1 Å². The van der Waals surface area contributed by atoms with Crippen LogP contribution in [0.2, 0.25) is 37.8 Å². The van der Waals surface area contributed by atoms with Gasteiger partial charge in [0.2, 0.25) is 0 Å². The molecule has 56 heavy (non-hydrogen) atoms. The lowest BCUT2D eigenvalue weighted by Gasteiger charge is -2.52. The molecule has 5 aliphatic rings. The third-order valence-electron chi connectivity index (χ3n) is 13.4. The van der Waals surface area contributed by atoms with Crippen molar-refractivity contribution in [3.05, 3.63) is 47.1 Å². The lowest BCUT2D eigenvalue weighted by molar-refractivity contribution is -0.335. The van der Waals surface area contributed by atoms with Crippen molar-refractivity contribution in [3.8, 4) is 0 Å². The minimum absolute atomic E-state index is 0.0103. The van der Waals surface area contributed by atoms with Crippen molar-refractivity contribution >= 4 is 28.6 Å². The van der Waals surface area contributed by atoms with Gasteiger partial charge < -0.3 is 32.5 Å². The molecule has 9 nitrogen and oxygen atoms in total. The van der Waals surface area contributed by atoms with Crippen molar-refractivity contribution in [1.82, 2.24) is 0 Å². The largest absolute Gasteiger partial charge is 0.466 e. The van der Waals surface area contributed by atoms with E-state index in [2.05, 4.69) is 119 Å². The molecule has 316 valence electrons. The van der Waals surface area contributed by atoms with Gasteiger partial charge in [-0.1, -0.05) is 77.5 Å². The highest BCUT2D eigenvalue weighted by atomic mass is 28.4. The van der Waals surface area contributed by atoms with Crippen LogP contribution in [0.25, 0.3) is 0 Å². The molecule has 3 fully saturated rings. The molecule has 0 aromatic heterocycles. The third kappa shape index (κ3) is 9.77. The predicted octanol–water partition coefficient (Wildman–Crippen LogP) is 9.99. The number of carbonyl (C=O) groups is 2. The van der Waals surface area contributed by atoms with Crippen LogP contribution >= 0.6 is 0 Å². The van der Waals surface area contributed by atoms with Crippen LogP contribution in [-0.2, 0) is 42.1 Å². The van der Waals surface area contributed by atoms with E-state index < -0.39 is 52.3 Å². The first-order valence-electron chi connectivity index (χ1n) is 21.5. The van der Waals surface area contributed by atoms with E-state index in [9.17, 15) is 4.79 Å². The van der Waals surface area contributed by atoms with E-state index in [0.29, 0.717) is 38.4 Å². The Kier molecular flexibility index (Phi) is 14.0. The summed E-state index contributed by atoms with van der Waals surface area (Å²) in [6, 6.07) is 0. The van der Waals surface area contributed by atoms with Gasteiger partial charge in [0.15, 0.2) is 22.4 Å². The van der Waals surface area contributed by atoms with Gasteiger partial charge >= 0.3 is 11.9 Å². The van der Waals surface area contributed by atoms with E-state index in [1.54, 1.807) is 0 Å². The molecule has 5 rings (SSSR count). The van der Waals surface area contributed by atoms with Crippen LogP contribution < -0.4 is 0 Å². The van der Waals surface area contributed by atoms with Gasteiger partial charge in [0.05, 0.1) is 37.9 Å². The summed E-state index contributed by atoms with van der Waals surface area (Å²) >= 11 is 0. The Labute approximate surface area is 340 Å². The first kappa shape index (κ1) is 45.2. The summed E-state index contributed by atoms with van der Waals surface area (Å²) in [5.74, 6) is -1.75. The maximum atomic E-state index is 15.1. The molecule has 11 heteroatoms. The monoisotopic (exact) mass is 814 g/mol. The van der Waals surface area contributed by atoms with Gasteiger partial charge in [0, 0.05) is 19.3 Å². The average molecular weight is 815 g/mol. The van der Waals surface area contributed by atoms with Crippen molar-refractivity contribution in [3.63, 3.8) is 0 Å². The fraction of sp³-hybridized carbons (Fsp3) is 0.778. The van der Waals surface area contributed by atoms with E-state index in [4.69, 9.17) is 32.5 Å². The number of hydrogen-bond donors (Lipinski definition) is 0. The summed E-state index contributed by atoms with van der Waals surface area (Å²) in [6.07, 6.45) is 13.6. The van der Waals surface area contributed by atoms with E-state index in [1.807, 2.05) is 6.92 Å². The normalized spacial score (nSPS) is 39.7. The molecule has 2 bridgehead atoms. The first-order valence-corrected chi connectivity index (χ1v) is 27.8. The Morgan fingerprint density at radius 2 is 1.73 bits per heavy atom. The van der Waals surface area contributed by atoms with E-state index in [0.717, 1.165) is 36.0 Å². The summed E-state index contributed by atoms with van der Waals surface area (Å²) in [6.45, 7) is 31.0. The molecule has 4 heterocycles. The van der Waals surface area contributed by atoms with Gasteiger partial charge in [-0.15, -0.1) is 0 Å². The second-order valence-corrected chi connectivity index (χ2v) is 29.1. The Bertz CT molecular complexity index is 1550. The van der Waals surface area contributed by atoms with Crippen LogP contribution in [0, 0.1) is 23.7 Å². The molecule has 3 saturated heterocycles. The van der Waals surface area contributed by atoms with Gasteiger partial charge in [-0.05, 0) is 107 Å². The molecular formula is C45H74O9Si2. The summed E-state index contributed by atoms with van der Waals surface area (Å²) in [5.41, 5.74) is 1.85. The van der Waals surface area contributed by atoms with Crippen LogP contribution in [0.15, 0.2) is 47.1 Å². The summed E-state index contributed by atoms with van der Waals surface area (Å²) in [4.78, 5) is 28.1. The topological polar surface area (TPSA) is 98.8 Å². The molecule has 1 aliphatic carbocycles. The summed E-state index contributed by atoms with van der Waals surface area (Å²) in [7, 11) is -4.66. The lowest BCUT2D eigenvalue weighted by atomic mass is 9.71. The highest BCUT2D eigenvalue weighted by Crippen LogP contribution is 2.52. The number of allylic oxidation sites excluding steroid dienone is 4. The number of fused-ring (bicyclic) bond motifs is 2. The maximum Gasteiger partial charge on any atom is 0.316 e. The van der Waals surface area contributed by atoms with Crippen LogP contribution in [0.4, 0.5) is 0 Å². The number of ether oxygens (including phenoxy) is 5. The minimum Gasteiger partial charge on any atom is -0.466 e. The molecule has 0 N–H and O–H groups in total. The van der Waals surface area contributed by atoms with Gasteiger partial charge in [-0.2, -0.15) is 0 Å². The number of hydrogen-bond acceptors (Lipinski definition) is 9. The molecule has 1 spiro atoms. The van der Waals surface area contributed by atoms with Gasteiger partial charge in [-0.3, -0.25) is 9.59 Å². The van der Waals surface area contributed by atoms with Gasteiger partial charge in [0.25, 0.3) is 0 Å². The van der Waals surface area contributed by atoms with Gasteiger partial charge in [-0.25, -0.2) is 0 Å². The molecule has 0 unspecified atom stereocenters. The van der Waals surface area contributed by atoms with Crippen LogP contribution in [0.3, 0.4) is 0 Å².